The molecule has 0 amide bonds. The van der Waals surface area contributed by atoms with Crippen LogP contribution in [0.15, 0.2) is 36.7 Å². The van der Waals surface area contributed by atoms with Crippen molar-refractivity contribution in [3.8, 4) is 11.3 Å². The van der Waals surface area contributed by atoms with Crippen LogP contribution in [0.4, 0.5) is 0 Å². The van der Waals surface area contributed by atoms with Crippen LogP contribution in [0.3, 0.4) is 0 Å². The Kier molecular flexibility index (Phi) is 4.27. The van der Waals surface area contributed by atoms with E-state index in [1.54, 1.807) is 0 Å². The lowest BCUT2D eigenvalue weighted by molar-refractivity contribution is 0.0680. The van der Waals surface area contributed by atoms with Gasteiger partial charge in [-0.1, -0.05) is 0 Å². The van der Waals surface area contributed by atoms with Crippen molar-refractivity contribution < 1.29 is 25.3 Å². The quantitative estimate of drug-likeness (QED) is 0.837. The van der Waals surface area contributed by atoms with Crippen molar-refractivity contribution in [3.05, 3.63) is 47.9 Å². The Labute approximate surface area is 107 Å². The summed E-state index contributed by atoms with van der Waals surface area (Å²) >= 11 is 0. The maximum atomic E-state index is 11.1. The highest BCUT2D eigenvalue weighted by atomic mass is 16.4. The van der Waals surface area contributed by atoms with E-state index in [1.807, 2.05) is 0 Å². The Balaban J connectivity index is 0.00000180. The molecule has 0 unspecified atom stereocenters. The van der Waals surface area contributed by atoms with Crippen LogP contribution >= 0.6 is 0 Å². The summed E-state index contributed by atoms with van der Waals surface area (Å²) in [6.07, 6.45) is 2.73. The van der Waals surface area contributed by atoms with E-state index in [1.165, 1.54) is 36.7 Å². The molecule has 0 bridgehead atoms. The Morgan fingerprint density at radius 1 is 0.947 bits per heavy atom. The number of aromatic nitrogens is 2. The first-order chi connectivity index (χ1) is 8.61. The molecule has 2 aromatic heterocycles. The Morgan fingerprint density at radius 3 is 2.21 bits per heavy atom. The molecule has 98 valence electrons. The van der Waals surface area contributed by atoms with Gasteiger partial charge in [0.1, 0.15) is 0 Å². The lowest BCUT2D eigenvalue weighted by Gasteiger charge is -2.06. The van der Waals surface area contributed by atoms with Gasteiger partial charge in [-0.15, -0.1) is 0 Å². The van der Waals surface area contributed by atoms with Crippen molar-refractivity contribution >= 4 is 11.9 Å². The van der Waals surface area contributed by atoms with E-state index in [0.717, 1.165) is 0 Å². The van der Waals surface area contributed by atoms with Crippen molar-refractivity contribution in [3.63, 3.8) is 0 Å². The first-order valence-electron chi connectivity index (χ1n) is 4.98. The van der Waals surface area contributed by atoms with Crippen molar-refractivity contribution in [2.45, 2.75) is 0 Å². The highest BCUT2D eigenvalue weighted by Gasteiger charge is 2.19. The molecule has 4 N–H and O–H groups in total. The molecule has 0 saturated heterocycles. The van der Waals surface area contributed by atoms with Crippen LogP contribution in [0.25, 0.3) is 11.3 Å². The molecule has 2 aromatic rings. The van der Waals surface area contributed by atoms with Crippen LogP contribution in [0.2, 0.25) is 0 Å². The summed E-state index contributed by atoms with van der Waals surface area (Å²) in [5, 5.41) is 18.1. The molecule has 19 heavy (non-hydrogen) atoms. The van der Waals surface area contributed by atoms with E-state index in [2.05, 4.69) is 9.97 Å². The molecule has 0 saturated carbocycles. The minimum absolute atomic E-state index is 0. The summed E-state index contributed by atoms with van der Waals surface area (Å²) in [6.45, 7) is 0. The van der Waals surface area contributed by atoms with Gasteiger partial charge in [-0.05, 0) is 24.3 Å². The summed E-state index contributed by atoms with van der Waals surface area (Å²) in [7, 11) is 0. The number of aromatic carboxylic acids is 2. The van der Waals surface area contributed by atoms with Gasteiger partial charge in [0.2, 0.25) is 0 Å². The van der Waals surface area contributed by atoms with Crippen LogP contribution in [0, 0.1) is 0 Å². The maximum Gasteiger partial charge on any atom is 0.355 e. The topological polar surface area (TPSA) is 132 Å². The van der Waals surface area contributed by atoms with Crippen molar-refractivity contribution in [1.29, 1.82) is 0 Å². The summed E-state index contributed by atoms with van der Waals surface area (Å²) in [5.74, 6) is -2.40. The molecule has 2 heterocycles. The van der Waals surface area contributed by atoms with Crippen LogP contribution in [0.5, 0.6) is 0 Å². The molecule has 0 aliphatic heterocycles. The minimum Gasteiger partial charge on any atom is -0.478 e. The summed E-state index contributed by atoms with van der Waals surface area (Å²) in [4.78, 5) is 29.8. The van der Waals surface area contributed by atoms with Crippen molar-refractivity contribution in [2.75, 3.05) is 0 Å². The zero-order valence-corrected chi connectivity index (χ0v) is 9.57. The maximum absolute atomic E-state index is 11.1. The normalized spacial score (nSPS) is 9.47. The van der Waals surface area contributed by atoms with Gasteiger partial charge in [0.25, 0.3) is 0 Å². The second-order valence-corrected chi connectivity index (χ2v) is 3.41. The SMILES string of the molecule is O.O=C(O)c1cccnc1-c1cccnc1C(=O)O. The van der Waals surface area contributed by atoms with Gasteiger partial charge in [0.15, 0.2) is 5.69 Å². The highest BCUT2D eigenvalue weighted by molar-refractivity contribution is 5.99. The fourth-order valence-corrected chi connectivity index (χ4v) is 1.56. The van der Waals surface area contributed by atoms with E-state index >= 15 is 0 Å². The average molecular weight is 262 g/mol. The van der Waals surface area contributed by atoms with E-state index in [4.69, 9.17) is 10.2 Å². The predicted molar refractivity (Wildman–Crippen MR) is 65.0 cm³/mol. The zero-order chi connectivity index (χ0) is 13.1. The van der Waals surface area contributed by atoms with Gasteiger partial charge < -0.3 is 15.7 Å². The third kappa shape index (κ3) is 2.72. The third-order valence-electron chi connectivity index (χ3n) is 2.30. The number of hydrogen-bond donors (Lipinski definition) is 2. The lowest BCUT2D eigenvalue weighted by atomic mass is 10.0. The Hall–Kier alpha value is -2.80. The van der Waals surface area contributed by atoms with Gasteiger partial charge in [-0.2, -0.15) is 0 Å². The molecule has 0 fully saturated rings. The second-order valence-electron chi connectivity index (χ2n) is 3.41. The molecule has 0 radical (unpaired) electrons. The van der Waals surface area contributed by atoms with E-state index in [-0.39, 0.29) is 28.0 Å². The monoisotopic (exact) mass is 262 g/mol. The number of pyridine rings is 2. The number of rotatable bonds is 3. The summed E-state index contributed by atoms with van der Waals surface area (Å²) < 4.78 is 0. The minimum atomic E-state index is -1.23. The highest BCUT2D eigenvalue weighted by Crippen LogP contribution is 2.23. The summed E-state index contributed by atoms with van der Waals surface area (Å²) in [6, 6.07) is 5.85. The fraction of sp³-hybridized carbons (Fsp3) is 0. The molecule has 0 aromatic carbocycles. The van der Waals surface area contributed by atoms with Crippen molar-refractivity contribution in [1.82, 2.24) is 9.97 Å². The van der Waals surface area contributed by atoms with Crippen LogP contribution in [0.1, 0.15) is 20.8 Å². The average Bonchev–Trinajstić information content (AvgIpc) is 2.38. The molecule has 7 heteroatoms. The molecule has 0 aliphatic carbocycles. The second kappa shape index (κ2) is 5.69. The van der Waals surface area contributed by atoms with E-state index in [0.29, 0.717) is 0 Å². The molecule has 0 aliphatic rings. The molecular formula is C12H10N2O5. The smallest absolute Gasteiger partial charge is 0.355 e. The Bertz CT molecular complexity index is 572. The fourth-order valence-electron chi connectivity index (χ4n) is 1.56. The van der Waals surface area contributed by atoms with Crippen molar-refractivity contribution in [2.24, 2.45) is 0 Å². The summed E-state index contributed by atoms with van der Waals surface area (Å²) in [5.41, 5.74) is -0.00907. The van der Waals surface area contributed by atoms with Crippen LogP contribution in [-0.4, -0.2) is 37.6 Å². The number of hydrogen-bond acceptors (Lipinski definition) is 4. The zero-order valence-electron chi connectivity index (χ0n) is 9.57. The molecule has 0 spiro atoms. The standard InChI is InChI=1S/C12H8N2O4.H2O/c15-11(16)8-4-2-5-13-9(8)7-3-1-6-14-10(7)12(17)18;/h1-6H,(H,15,16)(H,17,18);1H2. The number of carbonyl (C=O) groups is 2. The number of nitrogens with zero attached hydrogens (tertiary/aromatic N) is 2. The third-order valence-corrected chi connectivity index (χ3v) is 2.30. The molecular weight excluding hydrogens is 252 g/mol. The van der Waals surface area contributed by atoms with Crippen LogP contribution < -0.4 is 0 Å². The molecule has 2 rings (SSSR count). The van der Waals surface area contributed by atoms with E-state index in [9.17, 15) is 9.59 Å². The molecule has 0 atom stereocenters. The van der Waals surface area contributed by atoms with Gasteiger partial charge in [0.05, 0.1) is 11.3 Å². The molecule has 7 nitrogen and oxygen atoms in total. The largest absolute Gasteiger partial charge is 0.478 e. The first-order valence-corrected chi connectivity index (χ1v) is 4.98. The van der Waals surface area contributed by atoms with Gasteiger partial charge in [-0.25, -0.2) is 14.6 Å². The number of carboxylic acid groups (broad SMARTS) is 2. The van der Waals surface area contributed by atoms with Gasteiger partial charge >= 0.3 is 11.9 Å². The van der Waals surface area contributed by atoms with E-state index < -0.39 is 11.9 Å². The predicted octanol–water partition coefficient (Wildman–Crippen LogP) is 0.715. The number of carboxylic acids is 2. The van der Waals surface area contributed by atoms with Gasteiger partial charge in [-0.3, -0.25) is 4.98 Å². The first kappa shape index (κ1) is 14.3. The lowest BCUT2D eigenvalue weighted by Crippen LogP contribution is -2.07. The van der Waals surface area contributed by atoms with Crippen LogP contribution in [-0.2, 0) is 0 Å². The van der Waals surface area contributed by atoms with Gasteiger partial charge in [0, 0.05) is 18.0 Å². The Morgan fingerprint density at radius 2 is 1.58 bits per heavy atom.